The SMILES string of the molecule is CN(C)[C@@H](C(=O)NCC(C)(C)CO)c1ccc(F)cc1. The molecule has 0 aliphatic carbocycles. The van der Waals surface area contributed by atoms with Gasteiger partial charge in [-0.15, -0.1) is 0 Å². The maximum atomic E-state index is 13.0. The average Bonchev–Trinajstić information content (AvgIpc) is 2.39. The fraction of sp³-hybridized carbons (Fsp3) is 0.533. The number of aliphatic hydroxyl groups excluding tert-OH is 1. The normalized spacial score (nSPS) is 13.3. The summed E-state index contributed by atoms with van der Waals surface area (Å²) in [6, 6.07) is 5.42. The molecule has 0 aliphatic heterocycles. The molecule has 0 spiro atoms. The summed E-state index contributed by atoms with van der Waals surface area (Å²) in [5.41, 5.74) is 0.366. The van der Waals surface area contributed by atoms with E-state index in [0.29, 0.717) is 6.54 Å². The maximum Gasteiger partial charge on any atom is 0.241 e. The first-order valence-electron chi connectivity index (χ1n) is 6.57. The molecule has 0 saturated carbocycles. The summed E-state index contributed by atoms with van der Waals surface area (Å²) in [6.07, 6.45) is 0. The van der Waals surface area contributed by atoms with Crippen LogP contribution in [-0.4, -0.2) is 43.2 Å². The highest BCUT2D eigenvalue weighted by molar-refractivity contribution is 5.83. The van der Waals surface area contributed by atoms with E-state index in [1.807, 2.05) is 13.8 Å². The highest BCUT2D eigenvalue weighted by atomic mass is 19.1. The van der Waals surface area contributed by atoms with Gasteiger partial charge in [-0.1, -0.05) is 26.0 Å². The predicted octanol–water partition coefficient (Wildman–Crippen LogP) is 1.56. The molecule has 2 N–H and O–H groups in total. The van der Waals surface area contributed by atoms with Crippen molar-refractivity contribution in [2.45, 2.75) is 19.9 Å². The quantitative estimate of drug-likeness (QED) is 0.832. The molecule has 0 aliphatic rings. The monoisotopic (exact) mass is 282 g/mol. The smallest absolute Gasteiger partial charge is 0.241 e. The van der Waals surface area contributed by atoms with Gasteiger partial charge >= 0.3 is 0 Å². The molecule has 112 valence electrons. The van der Waals surface area contributed by atoms with Crippen LogP contribution >= 0.6 is 0 Å². The van der Waals surface area contributed by atoms with E-state index in [4.69, 9.17) is 0 Å². The van der Waals surface area contributed by atoms with E-state index in [0.717, 1.165) is 5.56 Å². The minimum Gasteiger partial charge on any atom is -0.396 e. The summed E-state index contributed by atoms with van der Waals surface area (Å²) in [5.74, 6) is -0.490. The molecular weight excluding hydrogens is 259 g/mol. The van der Waals surface area contributed by atoms with Gasteiger partial charge in [-0.3, -0.25) is 9.69 Å². The van der Waals surface area contributed by atoms with E-state index < -0.39 is 6.04 Å². The molecule has 1 aromatic carbocycles. The van der Waals surface area contributed by atoms with Gasteiger partial charge < -0.3 is 10.4 Å². The summed E-state index contributed by atoms with van der Waals surface area (Å²) in [7, 11) is 3.59. The number of nitrogens with zero attached hydrogens (tertiary/aromatic N) is 1. The molecule has 0 unspecified atom stereocenters. The largest absolute Gasteiger partial charge is 0.396 e. The lowest BCUT2D eigenvalue weighted by molar-refractivity contribution is -0.126. The van der Waals surface area contributed by atoms with E-state index in [9.17, 15) is 14.3 Å². The molecular formula is C15H23FN2O2. The van der Waals surface area contributed by atoms with Gasteiger partial charge in [0.05, 0.1) is 0 Å². The predicted molar refractivity (Wildman–Crippen MR) is 76.7 cm³/mol. The third kappa shape index (κ3) is 4.58. The lowest BCUT2D eigenvalue weighted by Crippen LogP contribution is -2.42. The highest BCUT2D eigenvalue weighted by Gasteiger charge is 2.25. The van der Waals surface area contributed by atoms with Crippen molar-refractivity contribution in [3.63, 3.8) is 0 Å². The summed E-state index contributed by atoms with van der Waals surface area (Å²) < 4.78 is 13.0. The van der Waals surface area contributed by atoms with Crippen molar-refractivity contribution in [2.24, 2.45) is 5.41 Å². The average molecular weight is 282 g/mol. The molecule has 20 heavy (non-hydrogen) atoms. The first kappa shape index (κ1) is 16.6. The van der Waals surface area contributed by atoms with Gasteiger partial charge in [0.1, 0.15) is 11.9 Å². The Balaban J connectivity index is 2.81. The number of amides is 1. The van der Waals surface area contributed by atoms with Crippen molar-refractivity contribution in [1.82, 2.24) is 10.2 Å². The molecule has 0 radical (unpaired) electrons. The Morgan fingerprint density at radius 3 is 2.35 bits per heavy atom. The first-order chi connectivity index (χ1) is 9.26. The molecule has 0 bridgehead atoms. The maximum absolute atomic E-state index is 13.0. The first-order valence-corrected chi connectivity index (χ1v) is 6.57. The Labute approximate surface area is 119 Å². The number of likely N-dealkylation sites (N-methyl/N-ethyl adjacent to an activating group) is 1. The number of rotatable bonds is 6. The summed E-state index contributed by atoms with van der Waals surface area (Å²) in [5, 5.41) is 12.0. The zero-order valence-corrected chi connectivity index (χ0v) is 12.5. The van der Waals surface area contributed by atoms with Gasteiger partial charge in [-0.25, -0.2) is 4.39 Å². The Morgan fingerprint density at radius 1 is 1.35 bits per heavy atom. The van der Waals surface area contributed by atoms with Crippen LogP contribution in [0.25, 0.3) is 0 Å². The van der Waals surface area contributed by atoms with Gasteiger partial charge in [0.2, 0.25) is 5.91 Å². The van der Waals surface area contributed by atoms with Crippen LogP contribution in [0.4, 0.5) is 4.39 Å². The zero-order valence-electron chi connectivity index (χ0n) is 12.5. The van der Waals surface area contributed by atoms with Crippen LogP contribution in [0.5, 0.6) is 0 Å². The van der Waals surface area contributed by atoms with Crippen LogP contribution in [0.1, 0.15) is 25.5 Å². The standard InChI is InChI=1S/C15H23FN2O2/c1-15(2,10-19)9-17-14(20)13(18(3)4)11-5-7-12(16)8-6-11/h5-8,13,19H,9-10H2,1-4H3,(H,17,20)/t13-/m1/s1. The van der Waals surface area contributed by atoms with Crippen LogP contribution in [-0.2, 0) is 4.79 Å². The van der Waals surface area contributed by atoms with Crippen molar-refractivity contribution in [3.05, 3.63) is 35.6 Å². The van der Waals surface area contributed by atoms with Crippen LogP contribution in [0.2, 0.25) is 0 Å². The molecule has 1 rings (SSSR count). The van der Waals surface area contributed by atoms with Crippen LogP contribution in [0.3, 0.4) is 0 Å². The molecule has 0 aromatic heterocycles. The number of carbonyl (C=O) groups excluding carboxylic acids is 1. The van der Waals surface area contributed by atoms with E-state index in [1.54, 1.807) is 31.1 Å². The molecule has 1 atom stereocenters. The Kier molecular flexibility index (Phi) is 5.65. The molecule has 0 heterocycles. The Morgan fingerprint density at radius 2 is 1.90 bits per heavy atom. The molecule has 5 heteroatoms. The topological polar surface area (TPSA) is 52.6 Å². The minimum atomic E-state index is -0.481. The fourth-order valence-electron chi connectivity index (χ4n) is 1.81. The number of benzene rings is 1. The van der Waals surface area contributed by atoms with Gasteiger partial charge in [-0.2, -0.15) is 0 Å². The summed E-state index contributed by atoms with van der Waals surface area (Å²) in [6.45, 7) is 4.12. The molecule has 0 fully saturated rings. The van der Waals surface area contributed by atoms with Crippen molar-refractivity contribution in [2.75, 3.05) is 27.2 Å². The second kappa shape index (κ2) is 6.81. The van der Waals surface area contributed by atoms with E-state index in [-0.39, 0.29) is 23.7 Å². The second-order valence-corrected chi connectivity index (χ2v) is 5.96. The molecule has 1 amide bonds. The lowest BCUT2D eigenvalue weighted by atomic mass is 9.94. The number of hydrogen-bond donors (Lipinski definition) is 2. The lowest BCUT2D eigenvalue weighted by Gasteiger charge is -2.27. The number of nitrogens with one attached hydrogen (secondary N) is 1. The van der Waals surface area contributed by atoms with Crippen LogP contribution < -0.4 is 5.32 Å². The highest BCUT2D eigenvalue weighted by Crippen LogP contribution is 2.20. The van der Waals surface area contributed by atoms with Crippen LogP contribution in [0.15, 0.2) is 24.3 Å². The second-order valence-electron chi connectivity index (χ2n) is 5.96. The number of hydrogen-bond acceptors (Lipinski definition) is 3. The van der Waals surface area contributed by atoms with Gasteiger partial charge in [0.15, 0.2) is 0 Å². The zero-order chi connectivity index (χ0) is 15.3. The van der Waals surface area contributed by atoms with Crippen molar-refractivity contribution in [3.8, 4) is 0 Å². The van der Waals surface area contributed by atoms with Gasteiger partial charge in [-0.05, 0) is 31.8 Å². The molecule has 4 nitrogen and oxygen atoms in total. The van der Waals surface area contributed by atoms with Crippen molar-refractivity contribution in [1.29, 1.82) is 0 Å². The van der Waals surface area contributed by atoms with E-state index in [2.05, 4.69) is 5.32 Å². The molecule has 0 saturated heterocycles. The van der Waals surface area contributed by atoms with Crippen LogP contribution in [0, 0.1) is 11.2 Å². The van der Waals surface area contributed by atoms with Crippen molar-refractivity contribution >= 4 is 5.91 Å². The van der Waals surface area contributed by atoms with E-state index >= 15 is 0 Å². The Hall–Kier alpha value is -1.46. The van der Waals surface area contributed by atoms with E-state index in [1.165, 1.54) is 12.1 Å². The number of carbonyl (C=O) groups is 1. The summed E-state index contributed by atoms with van der Waals surface area (Å²) >= 11 is 0. The number of aliphatic hydroxyl groups is 1. The third-order valence-corrected chi connectivity index (χ3v) is 3.12. The van der Waals surface area contributed by atoms with Gasteiger partial charge in [0.25, 0.3) is 0 Å². The van der Waals surface area contributed by atoms with Gasteiger partial charge in [0, 0.05) is 18.6 Å². The number of halogens is 1. The minimum absolute atomic E-state index is 0.00351. The van der Waals surface area contributed by atoms with Crippen molar-refractivity contribution < 1.29 is 14.3 Å². The fourth-order valence-corrected chi connectivity index (χ4v) is 1.81. The summed E-state index contributed by atoms with van der Waals surface area (Å²) in [4.78, 5) is 14.1. The molecule has 1 aromatic rings. The third-order valence-electron chi connectivity index (χ3n) is 3.12. The Bertz CT molecular complexity index is 444.